The summed E-state index contributed by atoms with van der Waals surface area (Å²) in [5.74, 6) is -0.843. The second-order valence-electron chi connectivity index (χ2n) is 8.04. The number of ketones is 1. The molecule has 0 fully saturated rings. The fourth-order valence-electron chi connectivity index (χ4n) is 3.07. The zero-order valence-electron chi connectivity index (χ0n) is 18.3. The van der Waals surface area contributed by atoms with Crippen LogP contribution in [-0.4, -0.2) is 38.6 Å². The van der Waals surface area contributed by atoms with E-state index in [2.05, 4.69) is 5.32 Å². The van der Waals surface area contributed by atoms with Crippen molar-refractivity contribution in [2.24, 2.45) is 0 Å². The lowest BCUT2D eigenvalue weighted by atomic mass is 10.1. The summed E-state index contributed by atoms with van der Waals surface area (Å²) in [7, 11) is 0. The van der Waals surface area contributed by atoms with Gasteiger partial charge in [-0.3, -0.25) is 9.59 Å². The number of hydrogen-bond acceptors (Lipinski definition) is 4. The van der Waals surface area contributed by atoms with Gasteiger partial charge in [-0.15, -0.1) is 11.8 Å². The summed E-state index contributed by atoms with van der Waals surface area (Å²) < 4.78 is 1.93. The van der Waals surface area contributed by atoms with Crippen molar-refractivity contribution in [2.75, 3.05) is 5.75 Å². The summed E-state index contributed by atoms with van der Waals surface area (Å²) in [6.07, 6.45) is 1.89. The number of amides is 1. The van der Waals surface area contributed by atoms with Crippen molar-refractivity contribution >= 4 is 29.4 Å². The Morgan fingerprint density at radius 3 is 2.41 bits per heavy atom. The molecule has 0 saturated heterocycles. The first-order valence-electron chi connectivity index (χ1n) is 10.2. The fourth-order valence-corrected chi connectivity index (χ4v) is 3.98. The molecule has 0 bridgehead atoms. The average molecular weight is 451 g/mol. The van der Waals surface area contributed by atoms with Crippen LogP contribution >= 0.6 is 11.8 Å². The minimum Gasteiger partial charge on any atom is -0.480 e. The summed E-state index contributed by atoms with van der Waals surface area (Å²) in [5, 5.41) is 11.7. The first-order valence-corrected chi connectivity index (χ1v) is 11.2. The molecule has 0 radical (unpaired) electrons. The van der Waals surface area contributed by atoms with Gasteiger partial charge < -0.3 is 15.0 Å². The molecular formula is C25H26N2O4S. The molecule has 0 aliphatic rings. The minimum absolute atomic E-state index is 0.0142. The Morgan fingerprint density at radius 2 is 1.72 bits per heavy atom. The van der Waals surface area contributed by atoms with Gasteiger partial charge in [-0.05, 0) is 51.1 Å². The van der Waals surface area contributed by atoms with Gasteiger partial charge in [0, 0.05) is 34.5 Å². The van der Waals surface area contributed by atoms with Gasteiger partial charge in [0.15, 0.2) is 0 Å². The predicted molar refractivity (Wildman–Crippen MR) is 125 cm³/mol. The Labute approximate surface area is 191 Å². The van der Waals surface area contributed by atoms with Crippen molar-refractivity contribution in [3.8, 4) is 0 Å². The van der Waals surface area contributed by atoms with Crippen LogP contribution in [0.25, 0.3) is 0 Å². The molecule has 2 aromatic carbocycles. The molecule has 1 heterocycles. The van der Waals surface area contributed by atoms with Crippen molar-refractivity contribution in [2.45, 2.75) is 37.8 Å². The standard InChI is InChI=1S/C25H26N2O4S/c1-17-9-11-18(12-10-17)22(28)21-8-5-13-27(21)14-15-32-20-7-4-6-19(16-20)23(29)26-25(2,3)24(30)31/h4-13,16H,14-15H2,1-3H3,(H,26,29)(H,30,31). The number of benzene rings is 2. The average Bonchev–Trinajstić information content (AvgIpc) is 3.22. The third-order valence-corrected chi connectivity index (χ3v) is 6.01. The number of carboxylic acids is 1. The highest BCUT2D eigenvalue weighted by Gasteiger charge is 2.29. The van der Waals surface area contributed by atoms with Crippen LogP contribution < -0.4 is 5.32 Å². The van der Waals surface area contributed by atoms with E-state index < -0.39 is 17.4 Å². The lowest BCUT2D eigenvalue weighted by molar-refractivity contribution is -0.143. The van der Waals surface area contributed by atoms with Gasteiger partial charge in [0.05, 0.1) is 5.69 Å². The normalized spacial score (nSPS) is 11.2. The smallest absolute Gasteiger partial charge is 0.328 e. The molecule has 7 heteroatoms. The lowest BCUT2D eigenvalue weighted by Crippen LogP contribution is -2.49. The van der Waals surface area contributed by atoms with E-state index in [1.807, 2.05) is 60.2 Å². The van der Waals surface area contributed by atoms with E-state index >= 15 is 0 Å². The van der Waals surface area contributed by atoms with Crippen LogP contribution in [0.5, 0.6) is 0 Å². The highest BCUT2D eigenvalue weighted by molar-refractivity contribution is 7.99. The molecule has 3 aromatic rings. The molecule has 0 atom stereocenters. The Balaban J connectivity index is 1.62. The number of nitrogens with one attached hydrogen (secondary N) is 1. The van der Waals surface area contributed by atoms with Gasteiger partial charge in [-0.1, -0.05) is 35.9 Å². The van der Waals surface area contributed by atoms with Crippen LogP contribution in [0.2, 0.25) is 0 Å². The van der Waals surface area contributed by atoms with Crippen LogP contribution in [0.1, 0.15) is 45.8 Å². The number of aromatic nitrogens is 1. The number of carbonyl (C=O) groups is 3. The number of hydrogen-bond donors (Lipinski definition) is 2. The second-order valence-corrected chi connectivity index (χ2v) is 9.21. The maximum atomic E-state index is 12.8. The zero-order valence-corrected chi connectivity index (χ0v) is 19.1. The van der Waals surface area contributed by atoms with Gasteiger partial charge in [0.25, 0.3) is 5.91 Å². The molecule has 0 aliphatic carbocycles. The van der Waals surface area contributed by atoms with Crippen molar-refractivity contribution in [1.82, 2.24) is 9.88 Å². The predicted octanol–water partition coefficient (Wildman–Crippen LogP) is 4.41. The molecule has 0 saturated carbocycles. The molecule has 1 aromatic heterocycles. The van der Waals surface area contributed by atoms with Crippen LogP contribution in [0.4, 0.5) is 0 Å². The Kier molecular flexibility index (Phi) is 7.20. The first-order chi connectivity index (χ1) is 15.2. The van der Waals surface area contributed by atoms with Gasteiger partial charge in [0.1, 0.15) is 5.54 Å². The number of thioether (sulfide) groups is 1. The molecule has 0 unspecified atom stereocenters. The number of carboxylic acid groups (broad SMARTS) is 1. The molecule has 166 valence electrons. The van der Waals surface area contributed by atoms with E-state index in [9.17, 15) is 19.5 Å². The Hall–Kier alpha value is -3.32. The maximum Gasteiger partial charge on any atom is 0.328 e. The molecule has 6 nitrogen and oxygen atoms in total. The fraction of sp³-hybridized carbons (Fsp3) is 0.240. The Bertz CT molecular complexity index is 1130. The largest absolute Gasteiger partial charge is 0.480 e. The third-order valence-electron chi connectivity index (χ3n) is 5.03. The number of rotatable bonds is 9. The van der Waals surface area contributed by atoms with Crippen LogP contribution in [0.3, 0.4) is 0 Å². The van der Waals surface area contributed by atoms with E-state index in [0.717, 1.165) is 10.5 Å². The van der Waals surface area contributed by atoms with E-state index in [-0.39, 0.29) is 5.78 Å². The molecule has 2 N–H and O–H groups in total. The molecule has 0 aliphatic heterocycles. The summed E-state index contributed by atoms with van der Waals surface area (Å²) in [5.41, 5.74) is 1.45. The van der Waals surface area contributed by atoms with Crippen molar-refractivity contribution in [3.05, 3.63) is 89.2 Å². The summed E-state index contributed by atoms with van der Waals surface area (Å²) in [6.45, 7) is 5.50. The van der Waals surface area contributed by atoms with E-state index in [1.165, 1.54) is 13.8 Å². The van der Waals surface area contributed by atoms with Crippen LogP contribution in [0.15, 0.2) is 71.8 Å². The highest BCUT2D eigenvalue weighted by atomic mass is 32.2. The summed E-state index contributed by atoms with van der Waals surface area (Å²) in [4.78, 5) is 37.4. The van der Waals surface area contributed by atoms with E-state index in [1.54, 1.807) is 30.0 Å². The van der Waals surface area contributed by atoms with Gasteiger partial charge in [-0.25, -0.2) is 4.79 Å². The number of nitrogens with zero attached hydrogens (tertiary/aromatic N) is 1. The SMILES string of the molecule is Cc1ccc(C(=O)c2cccn2CCSc2cccc(C(=O)NC(C)(C)C(=O)O)c2)cc1. The first kappa shape index (κ1) is 23.3. The van der Waals surface area contributed by atoms with E-state index in [4.69, 9.17) is 0 Å². The highest BCUT2D eigenvalue weighted by Crippen LogP contribution is 2.21. The van der Waals surface area contributed by atoms with Crippen LogP contribution in [-0.2, 0) is 11.3 Å². The van der Waals surface area contributed by atoms with E-state index in [0.29, 0.717) is 29.1 Å². The van der Waals surface area contributed by atoms with Crippen LogP contribution in [0, 0.1) is 6.92 Å². The topological polar surface area (TPSA) is 88.4 Å². The molecule has 3 rings (SSSR count). The molecular weight excluding hydrogens is 424 g/mol. The molecule has 0 spiro atoms. The minimum atomic E-state index is -1.35. The zero-order chi connectivity index (χ0) is 23.3. The van der Waals surface area contributed by atoms with Crippen molar-refractivity contribution in [3.63, 3.8) is 0 Å². The van der Waals surface area contributed by atoms with Crippen molar-refractivity contribution in [1.29, 1.82) is 0 Å². The van der Waals surface area contributed by atoms with Gasteiger partial charge in [0.2, 0.25) is 5.78 Å². The maximum absolute atomic E-state index is 12.8. The summed E-state index contributed by atoms with van der Waals surface area (Å²) in [6, 6.07) is 18.3. The second kappa shape index (κ2) is 9.87. The Morgan fingerprint density at radius 1 is 1.00 bits per heavy atom. The number of carbonyl (C=O) groups excluding carboxylic acids is 2. The lowest BCUT2D eigenvalue weighted by Gasteiger charge is -2.21. The summed E-state index contributed by atoms with van der Waals surface area (Å²) >= 11 is 1.56. The number of aliphatic carboxylic acids is 1. The molecule has 1 amide bonds. The van der Waals surface area contributed by atoms with Crippen molar-refractivity contribution < 1.29 is 19.5 Å². The quantitative estimate of drug-likeness (QED) is 0.372. The third kappa shape index (κ3) is 5.68. The van der Waals surface area contributed by atoms with Gasteiger partial charge >= 0.3 is 5.97 Å². The monoisotopic (exact) mass is 450 g/mol. The number of aryl methyl sites for hydroxylation is 2. The molecule has 32 heavy (non-hydrogen) atoms. The van der Waals surface area contributed by atoms with Gasteiger partial charge in [-0.2, -0.15) is 0 Å².